The van der Waals surface area contributed by atoms with Gasteiger partial charge in [0.25, 0.3) is 0 Å². The molecule has 3 amide bonds. The number of benzene rings is 1. The normalized spacial score (nSPS) is 18.3. The first-order valence-corrected chi connectivity index (χ1v) is 8.79. The van der Waals surface area contributed by atoms with Crippen molar-refractivity contribution in [1.29, 1.82) is 0 Å². The molecule has 6 heteroatoms. The van der Waals surface area contributed by atoms with Gasteiger partial charge in [-0.3, -0.25) is 14.4 Å². The molecule has 6 nitrogen and oxygen atoms in total. The van der Waals surface area contributed by atoms with E-state index in [-0.39, 0.29) is 36.5 Å². The maximum absolute atomic E-state index is 12.1. The van der Waals surface area contributed by atoms with Crippen molar-refractivity contribution in [3.8, 4) is 0 Å². The molecule has 1 aliphatic carbocycles. The third-order valence-electron chi connectivity index (χ3n) is 4.45. The zero-order chi connectivity index (χ0) is 18.2. The minimum atomic E-state index is -0.150. The molecule has 136 valence electrons. The van der Waals surface area contributed by atoms with E-state index in [9.17, 15) is 14.4 Å². The van der Waals surface area contributed by atoms with E-state index in [0.717, 1.165) is 12.0 Å². The SMILES string of the molecule is C[C@H]1C[C@@H]1C(=O)NCCC(=O)NCCC(=O)N(C)Cc1ccccc1. The van der Waals surface area contributed by atoms with Gasteiger partial charge in [-0.25, -0.2) is 0 Å². The summed E-state index contributed by atoms with van der Waals surface area (Å²) in [4.78, 5) is 37.1. The molecule has 0 heterocycles. The first kappa shape index (κ1) is 19.0. The Morgan fingerprint density at radius 2 is 1.72 bits per heavy atom. The van der Waals surface area contributed by atoms with Gasteiger partial charge >= 0.3 is 0 Å². The standard InChI is InChI=1S/C19H27N3O3/c1-14-12-16(14)19(25)21-10-8-17(23)20-11-9-18(24)22(2)13-15-6-4-3-5-7-15/h3-7,14,16H,8-13H2,1-2H3,(H,20,23)(H,21,25)/t14-,16-/m0/s1. The molecular weight excluding hydrogens is 318 g/mol. The minimum Gasteiger partial charge on any atom is -0.356 e. The van der Waals surface area contributed by atoms with Crippen molar-refractivity contribution in [2.45, 2.75) is 32.7 Å². The van der Waals surface area contributed by atoms with Crippen LogP contribution < -0.4 is 10.6 Å². The van der Waals surface area contributed by atoms with Crippen LogP contribution in [0.2, 0.25) is 0 Å². The molecule has 2 atom stereocenters. The van der Waals surface area contributed by atoms with Crippen molar-refractivity contribution < 1.29 is 14.4 Å². The molecule has 0 unspecified atom stereocenters. The number of nitrogens with one attached hydrogen (secondary N) is 2. The quantitative estimate of drug-likeness (QED) is 0.708. The van der Waals surface area contributed by atoms with Crippen LogP contribution in [0.25, 0.3) is 0 Å². The third kappa shape index (κ3) is 6.57. The van der Waals surface area contributed by atoms with Crippen LogP contribution in [0.3, 0.4) is 0 Å². The Kier molecular flexibility index (Phi) is 6.98. The smallest absolute Gasteiger partial charge is 0.224 e. The molecule has 1 aliphatic rings. The predicted molar refractivity (Wildman–Crippen MR) is 95.4 cm³/mol. The summed E-state index contributed by atoms with van der Waals surface area (Å²) in [6.45, 7) is 3.25. The average molecular weight is 345 g/mol. The number of carbonyl (C=O) groups excluding carboxylic acids is 3. The number of hydrogen-bond acceptors (Lipinski definition) is 3. The summed E-state index contributed by atoms with van der Waals surface area (Å²) in [6, 6.07) is 9.77. The van der Waals surface area contributed by atoms with E-state index in [0.29, 0.717) is 25.6 Å². The molecule has 1 saturated carbocycles. The van der Waals surface area contributed by atoms with Crippen LogP contribution in [-0.4, -0.2) is 42.8 Å². The van der Waals surface area contributed by atoms with Crippen molar-refractivity contribution >= 4 is 17.7 Å². The molecular formula is C19H27N3O3. The first-order chi connectivity index (χ1) is 12.0. The van der Waals surface area contributed by atoms with Gasteiger partial charge in [0.1, 0.15) is 0 Å². The second-order valence-corrected chi connectivity index (χ2v) is 6.70. The van der Waals surface area contributed by atoms with Crippen LogP contribution in [0.5, 0.6) is 0 Å². The molecule has 1 fully saturated rings. The van der Waals surface area contributed by atoms with E-state index in [1.807, 2.05) is 37.3 Å². The van der Waals surface area contributed by atoms with Crippen LogP contribution in [0.15, 0.2) is 30.3 Å². The second kappa shape index (κ2) is 9.20. The molecule has 0 radical (unpaired) electrons. The number of hydrogen-bond donors (Lipinski definition) is 2. The Morgan fingerprint density at radius 1 is 1.08 bits per heavy atom. The molecule has 2 N–H and O–H groups in total. The van der Waals surface area contributed by atoms with Crippen LogP contribution in [0.1, 0.15) is 31.7 Å². The molecule has 2 rings (SSSR count). The molecule has 1 aromatic carbocycles. The Labute approximate surface area is 149 Å². The summed E-state index contributed by atoms with van der Waals surface area (Å²) >= 11 is 0. The fourth-order valence-corrected chi connectivity index (χ4v) is 2.65. The Balaban J connectivity index is 1.55. The summed E-state index contributed by atoms with van der Waals surface area (Å²) in [7, 11) is 1.76. The lowest BCUT2D eigenvalue weighted by atomic mass is 10.2. The summed E-state index contributed by atoms with van der Waals surface area (Å²) < 4.78 is 0. The second-order valence-electron chi connectivity index (χ2n) is 6.70. The fraction of sp³-hybridized carbons (Fsp3) is 0.526. The predicted octanol–water partition coefficient (Wildman–Crippen LogP) is 1.31. The van der Waals surface area contributed by atoms with E-state index < -0.39 is 0 Å². The van der Waals surface area contributed by atoms with Gasteiger partial charge in [-0.2, -0.15) is 0 Å². The van der Waals surface area contributed by atoms with E-state index in [1.54, 1.807) is 11.9 Å². The molecule has 0 bridgehead atoms. The highest BCUT2D eigenvalue weighted by molar-refractivity contribution is 5.82. The summed E-state index contributed by atoms with van der Waals surface area (Å²) in [5.41, 5.74) is 1.07. The molecule has 1 aromatic rings. The van der Waals surface area contributed by atoms with Gasteiger partial charge in [-0.15, -0.1) is 0 Å². The topological polar surface area (TPSA) is 78.5 Å². The Hall–Kier alpha value is -2.37. The van der Waals surface area contributed by atoms with Crippen LogP contribution in [-0.2, 0) is 20.9 Å². The average Bonchev–Trinajstić information content (AvgIpc) is 3.32. The largest absolute Gasteiger partial charge is 0.356 e. The van der Waals surface area contributed by atoms with Gasteiger partial charge in [0.15, 0.2) is 0 Å². The number of carbonyl (C=O) groups is 3. The van der Waals surface area contributed by atoms with Crippen molar-refractivity contribution in [3.63, 3.8) is 0 Å². The molecule has 0 spiro atoms. The zero-order valence-corrected chi connectivity index (χ0v) is 15.0. The van der Waals surface area contributed by atoms with E-state index in [1.165, 1.54) is 0 Å². The van der Waals surface area contributed by atoms with Gasteiger partial charge in [0, 0.05) is 45.4 Å². The van der Waals surface area contributed by atoms with Gasteiger partial charge in [0.05, 0.1) is 0 Å². The maximum atomic E-state index is 12.1. The first-order valence-electron chi connectivity index (χ1n) is 8.79. The van der Waals surface area contributed by atoms with E-state index >= 15 is 0 Å². The number of rotatable bonds is 9. The monoisotopic (exact) mass is 345 g/mol. The Morgan fingerprint density at radius 3 is 2.36 bits per heavy atom. The van der Waals surface area contributed by atoms with Crippen molar-refractivity contribution in [3.05, 3.63) is 35.9 Å². The van der Waals surface area contributed by atoms with Gasteiger partial charge in [0.2, 0.25) is 17.7 Å². The third-order valence-corrected chi connectivity index (χ3v) is 4.45. The molecule has 0 aliphatic heterocycles. The lowest BCUT2D eigenvalue weighted by Gasteiger charge is -2.17. The van der Waals surface area contributed by atoms with Crippen LogP contribution in [0, 0.1) is 11.8 Å². The maximum Gasteiger partial charge on any atom is 0.224 e. The van der Waals surface area contributed by atoms with Gasteiger partial charge < -0.3 is 15.5 Å². The number of amides is 3. The van der Waals surface area contributed by atoms with Crippen molar-refractivity contribution in [1.82, 2.24) is 15.5 Å². The molecule has 0 saturated heterocycles. The minimum absolute atomic E-state index is 0.0137. The molecule has 0 aromatic heterocycles. The van der Waals surface area contributed by atoms with Crippen LogP contribution >= 0.6 is 0 Å². The van der Waals surface area contributed by atoms with Gasteiger partial charge in [-0.1, -0.05) is 37.3 Å². The van der Waals surface area contributed by atoms with E-state index in [4.69, 9.17) is 0 Å². The van der Waals surface area contributed by atoms with Crippen molar-refractivity contribution in [2.24, 2.45) is 11.8 Å². The lowest BCUT2D eigenvalue weighted by molar-refractivity contribution is -0.130. The summed E-state index contributed by atoms with van der Waals surface area (Å²) in [5, 5.41) is 5.50. The number of nitrogens with zero attached hydrogens (tertiary/aromatic N) is 1. The fourth-order valence-electron chi connectivity index (χ4n) is 2.65. The van der Waals surface area contributed by atoms with Gasteiger partial charge in [-0.05, 0) is 17.9 Å². The Bertz CT molecular complexity index is 603. The summed E-state index contributed by atoms with van der Waals surface area (Å²) in [5.74, 6) is 0.467. The zero-order valence-electron chi connectivity index (χ0n) is 15.0. The highest BCUT2D eigenvalue weighted by Gasteiger charge is 2.38. The van der Waals surface area contributed by atoms with E-state index in [2.05, 4.69) is 10.6 Å². The molecule has 25 heavy (non-hydrogen) atoms. The lowest BCUT2D eigenvalue weighted by Crippen LogP contribution is -2.34. The van der Waals surface area contributed by atoms with Crippen LogP contribution in [0.4, 0.5) is 0 Å². The summed E-state index contributed by atoms with van der Waals surface area (Å²) in [6.07, 6.45) is 1.44. The highest BCUT2D eigenvalue weighted by Crippen LogP contribution is 2.37. The van der Waals surface area contributed by atoms with Crippen molar-refractivity contribution in [2.75, 3.05) is 20.1 Å². The highest BCUT2D eigenvalue weighted by atomic mass is 16.2.